The molecular formula is C13H9ClN6. The van der Waals surface area contributed by atoms with E-state index in [1.54, 1.807) is 17.1 Å². The lowest BCUT2D eigenvalue weighted by atomic mass is 10.1. The average Bonchev–Trinajstić information content (AvgIpc) is 3.05. The number of fused-ring (bicyclic) bond motifs is 2. The molecule has 0 spiro atoms. The lowest BCUT2D eigenvalue weighted by molar-refractivity contribution is 0.785. The Morgan fingerprint density at radius 3 is 2.95 bits per heavy atom. The van der Waals surface area contributed by atoms with Gasteiger partial charge in [-0.1, -0.05) is 12.1 Å². The molecule has 98 valence electrons. The zero-order valence-electron chi connectivity index (χ0n) is 10.5. The van der Waals surface area contributed by atoms with E-state index in [0.717, 1.165) is 27.5 Å². The molecule has 0 radical (unpaired) electrons. The molecule has 0 fully saturated rings. The first-order valence-corrected chi connectivity index (χ1v) is 6.39. The first kappa shape index (κ1) is 11.4. The van der Waals surface area contributed by atoms with Gasteiger partial charge in [0.2, 0.25) is 5.28 Å². The van der Waals surface area contributed by atoms with Crippen LogP contribution in [-0.4, -0.2) is 29.9 Å². The lowest BCUT2D eigenvalue weighted by Crippen LogP contribution is -1.95. The molecule has 0 bridgehead atoms. The number of hydrogen-bond donors (Lipinski definition) is 1. The minimum Gasteiger partial charge on any atom is -0.278 e. The van der Waals surface area contributed by atoms with Crippen LogP contribution in [0.3, 0.4) is 0 Å². The average molecular weight is 285 g/mol. The number of halogens is 1. The molecular weight excluding hydrogens is 276 g/mol. The van der Waals surface area contributed by atoms with Gasteiger partial charge in [-0.15, -0.1) is 0 Å². The Hall–Kier alpha value is -2.47. The molecule has 20 heavy (non-hydrogen) atoms. The summed E-state index contributed by atoms with van der Waals surface area (Å²) in [6.07, 6.45) is 3.53. The summed E-state index contributed by atoms with van der Waals surface area (Å²) in [5.41, 5.74) is 3.38. The van der Waals surface area contributed by atoms with Crippen molar-refractivity contribution in [1.29, 1.82) is 0 Å². The van der Waals surface area contributed by atoms with Crippen molar-refractivity contribution in [3.63, 3.8) is 0 Å². The smallest absolute Gasteiger partial charge is 0.225 e. The Bertz CT molecular complexity index is 938. The number of aryl methyl sites for hydroxylation is 1. The Morgan fingerprint density at radius 2 is 2.05 bits per heavy atom. The second-order valence-electron chi connectivity index (χ2n) is 4.48. The molecule has 0 aliphatic heterocycles. The van der Waals surface area contributed by atoms with Gasteiger partial charge in [-0.2, -0.15) is 15.2 Å². The Kier molecular flexibility index (Phi) is 2.28. The van der Waals surface area contributed by atoms with Gasteiger partial charge < -0.3 is 0 Å². The fourth-order valence-electron chi connectivity index (χ4n) is 2.38. The van der Waals surface area contributed by atoms with E-state index in [1.807, 2.05) is 25.2 Å². The summed E-state index contributed by atoms with van der Waals surface area (Å²) in [4.78, 5) is 8.59. The number of benzene rings is 1. The highest BCUT2D eigenvalue weighted by Gasteiger charge is 2.14. The van der Waals surface area contributed by atoms with E-state index in [2.05, 4.69) is 25.3 Å². The summed E-state index contributed by atoms with van der Waals surface area (Å²) in [5, 5.41) is 13.3. The monoisotopic (exact) mass is 284 g/mol. The fourth-order valence-corrected chi connectivity index (χ4v) is 2.54. The van der Waals surface area contributed by atoms with Gasteiger partial charge >= 0.3 is 0 Å². The summed E-state index contributed by atoms with van der Waals surface area (Å²) in [7, 11) is 1.83. The first-order chi connectivity index (χ1) is 9.74. The Labute approximate surface area is 118 Å². The predicted octanol–water partition coefficient (Wildman–Crippen LogP) is 2.56. The van der Waals surface area contributed by atoms with Gasteiger partial charge in [0.1, 0.15) is 0 Å². The van der Waals surface area contributed by atoms with E-state index in [1.165, 1.54) is 0 Å². The van der Waals surface area contributed by atoms with Crippen LogP contribution >= 0.6 is 11.6 Å². The van der Waals surface area contributed by atoms with Gasteiger partial charge in [0.25, 0.3) is 0 Å². The number of rotatable bonds is 1. The molecule has 0 aliphatic rings. The molecule has 3 heterocycles. The van der Waals surface area contributed by atoms with Gasteiger partial charge in [-0.05, 0) is 17.7 Å². The van der Waals surface area contributed by atoms with Crippen molar-refractivity contribution in [1.82, 2.24) is 29.9 Å². The second kappa shape index (κ2) is 4.01. The Morgan fingerprint density at radius 1 is 1.15 bits per heavy atom. The number of H-pyrrole nitrogens is 1. The van der Waals surface area contributed by atoms with Crippen molar-refractivity contribution in [3.05, 3.63) is 35.9 Å². The van der Waals surface area contributed by atoms with Crippen LogP contribution in [0.2, 0.25) is 5.28 Å². The summed E-state index contributed by atoms with van der Waals surface area (Å²) >= 11 is 6.04. The standard InChI is InChI=1S/C13H9ClN6/c1-20-12-9(6-16-20)11(17-13(14)18-12)7-3-2-4-10-8(7)5-15-19-10/h2-6H,1H3,(H,15,19). The zero-order valence-corrected chi connectivity index (χ0v) is 11.3. The highest BCUT2D eigenvalue weighted by Crippen LogP contribution is 2.31. The van der Waals surface area contributed by atoms with Crippen LogP contribution in [0.5, 0.6) is 0 Å². The van der Waals surface area contributed by atoms with Gasteiger partial charge in [0, 0.05) is 18.0 Å². The summed E-state index contributed by atoms with van der Waals surface area (Å²) in [6.45, 7) is 0. The second-order valence-corrected chi connectivity index (χ2v) is 4.82. The number of aromatic nitrogens is 6. The number of nitrogens with zero attached hydrogens (tertiary/aromatic N) is 5. The lowest BCUT2D eigenvalue weighted by Gasteiger charge is -2.04. The number of aromatic amines is 1. The van der Waals surface area contributed by atoms with Gasteiger partial charge in [0.05, 0.1) is 29.0 Å². The van der Waals surface area contributed by atoms with Crippen LogP contribution in [0.1, 0.15) is 0 Å². The van der Waals surface area contributed by atoms with E-state index in [-0.39, 0.29) is 5.28 Å². The maximum absolute atomic E-state index is 6.04. The van der Waals surface area contributed by atoms with E-state index in [9.17, 15) is 0 Å². The predicted molar refractivity (Wildman–Crippen MR) is 76.4 cm³/mol. The quantitative estimate of drug-likeness (QED) is 0.545. The van der Waals surface area contributed by atoms with Gasteiger partial charge in [-0.3, -0.25) is 9.78 Å². The fraction of sp³-hybridized carbons (Fsp3) is 0.0769. The van der Waals surface area contributed by atoms with Crippen LogP contribution in [-0.2, 0) is 7.05 Å². The number of hydrogen-bond acceptors (Lipinski definition) is 4. The molecule has 3 aromatic heterocycles. The SMILES string of the molecule is Cn1ncc2c(-c3cccc4[nH]ncc34)nc(Cl)nc21. The highest BCUT2D eigenvalue weighted by atomic mass is 35.5. The third-order valence-electron chi connectivity index (χ3n) is 3.30. The normalized spacial score (nSPS) is 11.5. The molecule has 0 amide bonds. The van der Waals surface area contributed by atoms with Crippen LogP contribution in [0.4, 0.5) is 0 Å². The summed E-state index contributed by atoms with van der Waals surface area (Å²) in [6, 6.07) is 5.91. The van der Waals surface area contributed by atoms with Crippen LogP contribution in [0.25, 0.3) is 33.2 Å². The highest BCUT2D eigenvalue weighted by molar-refractivity contribution is 6.28. The topological polar surface area (TPSA) is 72.3 Å². The van der Waals surface area contributed by atoms with Crippen molar-refractivity contribution in [2.24, 2.45) is 7.05 Å². The molecule has 1 aromatic carbocycles. The van der Waals surface area contributed by atoms with Crippen molar-refractivity contribution < 1.29 is 0 Å². The van der Waals surface area contributed by atoms with E-state index in [4.69, 9.17) is 11.6 Å². The largest absolute Gasteiger partial charge is 0.278 e. The third-order valence-corrected chi connectivity index (χ3v) is 3.47. The molecule has 4 aromatic rings. The minimum atomic E-state index is 0.205. The van der Waals surface area contributed by atoms with Crippen molar-refractivity contribution >= 4 is 33.5 Å². The summed E-state index contributed by atoms with van der Waals surface area (Å²) < 4.78 is 1.68. The van der Waals surface area contributed by atoms with Crippen molar-refractivity contribution in [2.75, 3.05) is 0 Å². The third kappa shape index (κ3) is 1.51. The molecule has 0 saturated heterocycles. The Balaban J connectivity index is 2.14. The number of nitrogens with one attached hydrogen (secondary N) is 1. The van der Waals surface area contributed by atoms with Crippen molar-refractivity contribution in [2.45, 2.75) is 0 Å². The molecule has 7 heteroatoms. The zero-order chi connectivity index (χ0) is 13.7. The summed E-state index contributed by atoms with van der Waals surface area (Å²) in [5.74, 6) is 0. The maximum Gasteiger partial charge on any atom is 0.225 e. The molecule has 0 aliphatic carbocycles. The van der Waals surface area contributed by atoms with Gasteiger partial charge in [0.15, 0.2) is 5.65 Å². The molecule has 0 unspecified atom stereocenters. The van der Waals surface area contributed by atoms with E-state index in [0.29, 0.717) is 5.65 Å². The van der Waals surface area contributed by atoms with Crippen molar-refractivity contribution in [3.8, 4) is 11.3 Å². The molecule has 0 saturated carbocycles. The van der Waals surface area contributed by atoms with E-state index < -0.39 is 0 Å². The molecule has 4 rings (SSSR count). The van der Waals surface area contributed by atoms with Crippen LogP contribution in [0, 0.1) is 0 Å². The van der Waals surface area contributed by atoms with Crippen LogP contribution < -0.4 is 0 Å². The minimum absolute atomic E-state index is 0.205. The van der Waals surface area contributed by atoms with Crippen LogP contribution in [0.15, 0.2) is 30.6 Å². The van der Waals surface area contributed by atoms with Gasteiger partial charge in [-0.25, -0.2) is 4.98 Å². The maximum atomic E-state index is 6.04. The first-order valence-electron chi connectivity index (χ1n) is 6.02. The molecule has 6 nitrogen and oxygen atoms in total. The molecule has 0 atom stereocenters. The molecule has 1 N–H and O–H groups in total. The van der Waals surface area contributed by atoms with E-state index >= 15 is 0 Å².